The molecule has 0 spiro atoms. The molecule has 0 saturated heterocycles. The Balaban J connectivity index is 1.64. The molecule has 4 aromatic rings. The van der Waals surface area contributed by atoms with Crippen molar-refractivity contribution in [3.63, 3.8) is 0 Å². The van der Waals surface area contributed by atoms with Gasteiger partial charge in [-0.25, -0.2) is 0 Å². The van der Waals surface area contributed by atoms with Gasteiger partial charge in [0.2, 0.25) is 0 Å². The number of fused-ring (bicyclic) bond motifs is 1. The maximum Gasteiger partial charge on any atom is 0.0305 e. The average molecular weight is 402 g/mol. The van der Waals surface area contributed by atoms with Crippen LogP contribution in [0.5, 0.6) is 0 Å². The SMILES string of the molecule is C1=CC(=Cc2cccc3ccccc23)C(P(c2ccccc2)c2ccccc2)C=C1. The Labute approximate surface area is 179 Å². The molecule has 0 N–H and O–H groups in total. The van der Waals surface area contributed by atoms with E-state index >= 15 is 0 Å². The van der Waals surface area contributed by atoms with Gasteiger partial charge in [-0.15, -0.1) is 0 Å². The standard InChI is InChI=1S/C29H23P/c1-3-16-26(17-4-1)30(27-18-5-2-6-19-27)29-21-10-8-13-25(29)22-24-15-11-14-23-12-7-9-20-28(23)24/h1-22,29H. The fourth-order valence-electron chi connectivity index (χ4n) is 4.12. The van der Waals surface area contributed by atoms with Gasteiger partial charge in [0.25, 0.3) is 0 Å². The third kappa shape index (κ3) is 3.80. The molecule has 0 aromatic heterocycles. The topological polar surface area (TPSA) is 0 Å². The largest absolute Gasteiger partial charge is 0.0721 e. The normalized spacial score (nSPS) is 17.1. The van der Waals surface area contributed by atoms with E-state index in [0.717, 1.165) is 0 Å². The van der Waals surface area contributed by atoms with Crippen LogP contribution < -0.4 is 10.6 Å². The highest BCUT2D eigenvalue weighted by atomic mass is 31.1. The van der Waals surface area contributed by atoms with Gasteiger partial charge in [-0.05, 0) is 40.4 Å². The summed E-state index contributed by atoms with van der Waals surface area (Å²) in [5.74, 6) is 0. The Morgan fingerprint density at radius 1 is 0.600 bits per heavy atom. The van der Waals surface area contributed by atoms with Crippen LogP contribution in [0.15, 0.2) is 133 Å². The lowest BCUT2D eigenvalue weighted by molar-refractivity contribution is 1.29. The van der Waals surface area contributed by atoms with Crippen LogP contribution in [0.25, 0.3) is 16.8 Å². The Hall–Kier alpha value is -3.21. The molecule has 1 atom stereocenters. The fourth-order valence-corrected chi connectivity index (χ4v) is 6.78. The molecule has 4 aromatic carbocycles. The highest BCUT2D eigenvalue weighted by molar-refractivity contribution is 7.74. The van der Waals surface area contributed by atoms with Crippen molar-refractivity contribution in [3.8, 4) is 0 Å². The third-order valence-corrected chi connectivity index (χ3v) is 8.26. The van der Waals surface area contributed by atoms with Crippen LogP contribution in [-0.2, 0) is 0 Å². The van der Waals surface area contributed by atoms with Crippen LogP contribution >= 0.6 is 7.92 Å². The molecule has 0 saturated carbocycles. The van der Waals surface area contributed by atoms with E-state index in [-0.39, 0.29) is 0 Å². The van der Waals surface area contributed by atoms with Crippen LogP contribution in [0.2, 0.25) is 0 Å². The van der Waals surface area contributed by atoms with Crippen LogP contribution in [0, 0.1) is 0 Å². The summed E-state index contributed by atoms with van der Waals surface area (Å²) in [5.41, 5.74) is 2.99. The second kappa shape index (κ2) is 8.66. The smallest absolute Gasteiger partial charge is 0.0305 e. The summed E-state index contributed by atoms with van der Waals surface area (Å²) < 4.78 is 0. The molecule has 0 radical (unpaired) electrons. The number of benzene rings is 4. The van der Waals surface area contributed by atoms with Gasteiger partial charge in [0.05, 0.1) is 0 Å². The minimum Gasteiger partial charge on any atom is -0.0721 e. The first-order valence-corrected chi connectivity index (χ1v) is 11.7. The van der Waals surface area contributed by atoms with Crippen molar-refractivity contribution in [2.75, 3.05) is 0 Å². The molecule has 30 heavy (non-hydrogen) atoms. The molecule has 1 aliphatic carbocycles. The van der Waals surface area contributed by atoms with Crippen molar-refractivity contribution in [3.05, 3.63) is 139 Å². The lowest BCUT2D eigenvalue weighted by Gasteiger charge is -2.29. The van der Waals surface area contributed by atoms with Gasteiger partial charge in [-0.1, -0.05) is 134 Å². The lowest BCUT2D eigenvalue weighted by Crippen LogP contribution is -2.22. The summed E-state index contributed by atoms with van der Waals surface area (Å²) >= 11 is 0. The van der Waals surface area contributed by atoms with Crippen molar-refractivity contribution in [1.29, 1.82) is 0 Å². The summed E-state index contributed by atoms with van der Waals surface area (Å²) in [5, 5.41) is 5.41. The minimum atomic E-state index is -0.554. The van der Waals surface area contributed by atoms with E-state index in [1.54, 1.807) is 0 Å². The van der Waals surface area contributed by atoms with E-state index in [9.17, 15) is 0 Å². The average Bonchev–Trinajstić information content (AvgIpc) is 2.82. The van der Waals surface area contributed by atoms with Crippen LogP contribution in [0.3, 0.4) is 0 Å². The molecule has 5 rings (SSSR count). The predicted molar refractivity (Wildman–Crippen MR) is 133 cm³/mol. The van der Waals surface area contributed by atoms with E-state index in [1.165, 1.54) is 32.5 Å². The summed E-state index contributed by atoms with van der Waals surface area (Å²) in [4.78, 5) is 0. The number of rotatable bonds is 4. The van der Waals surface area contributed by atoms with Crippen LogP contribution in [0.1, 0.15) is 5.56 Å². The molecule has 0 nitrogen and oxygen atoms in total. The molecule has 0 aliphatic heterocycles. The van der Waals surface area contributed by atoms with E-state index in [2.05, 4.69) is 134 Å². The van der Waals surface area contributed by atoms with Gasteiger partial charge in [0, 0.05) is 5.66 Å². The first-order valence-electron chi connectivity index (χ1n) is 10.3. The van der Waals surface area contributed by atoms with Gasteiger partial charge in [0.1, 0.15) is 0 Å². The maximum absolute atomic E-state index is 2.38. The molecule has 0 fully saturated rings. The monoisotopic (exact) mass is 402 g/mol. The molecule has 144 valence electrons. The Morgan fingerprint density at radius 3 is 1.97 bits per heavy atom. The molecule has 1 aliphatic rings. The van der Waals surface area contributed by atoms with Gasteiger partial charge < -0.3 is 0 Å². The molecular formula is C29H23P. The molecule has 1 heteroatoms. The van der Waals surface area contributed by atoms with E-state index in [4.69, 9.17) is 0 Å². The fraction of sp³-hybridized carbons (Fsp3) is 0.0345. The van der Waals surface area contributed by atoms with Crippen molar-refractivity contribution in [2.45, 2.75) is 5.66 Å². The summed E-state index contributed by atoms with van der Waals surface area (Å²) in [6.07, 6.45) is 11.4. The molecule has 0 amide bonds. The lowest BCUT2D eigenvalue weighted by atomic mass is 9.99. The Morgan fingerprint density at radius 2 is 1.23 bits per heavy atom. The van der Waals surface area contributed by atoms with Crippen molar-refractivity contribution < 1.29 is 0 Å². The molecule has 1 unspecified atom stereocenters. The number of hydrogen-bond acceptors (Lipinski definition) is 0. The van der Waals surface area contributed by atoms with Gasteiger partial charge in [-0.2, -0.15) is 0 Å². The predicted octanol–water partition coefficient (Wildman–Crippen LogP) is 6.85. The number of allylic oxidation sites excluding steroid dienone is 5. The highest BCUT2D eigenvalue weighted by Gasteiger charge is 2.25. The third-order valence-electron chi connectivity index (χ3n) is 5.53. The summed E-state index contributed by atoms with van der Waals surface area (Å²) in [7, 11) is -0.554. The summed E-state index contributed by atoms with van der Waals surface area (Å²) in [6, 6.07) is 37.2. The van der Waals surface area contributed by atoms with Crippen LogP contribution in [0.4, 0.5) is 0 Å². The van der Waals surface area contributed by atoms with Gasteiger partial charge in [-0.3, -0.25) is 0 Å². The zero-order chi connectivity index (χ0) is 20.2. The maximum atomic E-state index is 2.38. The van der Waals surface area contributed by atoms with Gasteiger partial charge in [0.15, 0.2) is 0 Å². The highest BCUT2D eigenvalue weighted by Crippen LogP contribution is 2.45. The van der Waals surface area contributed by atoms with E-state index in [1.807, 2.05) is 0 Å². The molecular weight excluding hydrogens is 379 g/mol. The van der Waals surface area contributed by atoms with Crippen molar-refractivity contribution in [2.24, 2.45) is 0 Å². The zero-order valence-electron chi connectivity index (χ0n) is 16.7. The second-order valence-corrected chi connectivity index (χ2v) is 9.77. The Kier molecular flexibility index (Phi) is 5.42. The number of hydrogen-bond donors (Lipinski definition) is 0. The minimum absolute atomic E-state index is 0.341. The van der Waals surface area contributed by atoms with E-state index in [0.29, 0.717) is 5.66 Å². The quantitative estimate of drug-likeness (QED) is 0.328. The van der Waals surface area contributed by atoms with Crippen molar-refractivity contribution in [1.82, 2.24) is 0 Å². The van der Waals surface area contributed by atoms with Crippen LogP contribution in [-0.4, -0.2) is 5.66 Å². The zero-order valence-corrected chi connectivity index (χ0v) is 17.6. The molecule has 0 heterocycles. The van der Waals surface area contributed by atoms with Gasteiger partial charge >= 0.3 is 0 Å². The molecule has 0 bridgehead atoms. The second-order valence-electron chi connectivity index (χ2n) is 7.44. The van der Waals surface area contributed by atoms with E-state index < -0.39 is 7.92 Å². The first-order chi connectivity index (χ1) is 14.9. The Bertz CT molecular complexity index is 1190. The summed E-state index contributed by atoms with van der Waals surface area (Å²) in [6.45, 7) is 0. The van der Waals surface area contributed by atoms with Crippen molar-refractivity contribution >= 4 is 35.4 Å². The first kappa shape index (κ1) is 18.8.